The fourth-order valence-corrected chi connectivity index (χ4v) is 4.64. The second-order valence-electron chi connectivity index (χ2n) is 6.56. The smallest absolute Gasteiger partial charge is 0.243 e. The van der Waals surface area contributed by atoms with Crippen LogP contribution >= 0.6 is 0 Å². The fraction of sp³-hybridized carbons (Fsp3) is 0.350. The molecule has 2 aromatic carbocycles. The lowest BCUT2D eigenvalue weighted by Crippen LogP contribution is -2.49. The minimum absolute atomic E-state index is 0.313. The van der Waals surface area contributed by atoms with Crippen LogP contribution in [0.1, 0.15) is 17.2 Å². The molecule has 6 nitrogen and oxygen atoms in total. The number of hydrogen-bond donors (Lipinski definition) is 0. The molecule has 27 heavy (non-hydrogen) atoms. The van der Waals surface area contributed by atoms with E-state index in [0.29, 0.717) is 31.1 Å². The number of hydrogen-bond acceptors (Lipinski definition) is 5. The van der Waals surface area contributed by atoms with Gasteiger partial charge in [-0.05, 0) is 36.8 Å². The van der Waals surface area contributed by atoms with Gasteiger partial charge in [0, 0.05) is 26.2 Å². The van der Waals surface area contributed by atoms with Crippen molar-refractivity contribution in [2.45, 2.75) is 17.9 Å². The van der Waals surface area contributed by atoms with Crippen molar-refractivity contribution in [1.29, 1.82) is 5.26 Å². The fourth-order valence-electron chi connectivity index (χ4n) is 3.21. The van der Waals surface area contributed by atoms with Gasteiger partial charge in [0.15, 0.2) is 0 Å². The lowest BCUT2D eigenvalue weighted by atomic mass is 10.1. The van der Waals surface area contributed by atoms with Crippen LogP contribution in [0.3, 0.4) is 0 Å². The number of sulfonamides is 1. The van der Waals surface area contributed by atoms with E-state index in [0.717, 1.165) is 16.9 Å². The molecule has 1 heterocycles. The van der Waals surface area contributed by atoms with Crippen LogP contribution < -0.4 is 4.74 Å². The Morgan fingerprint density at radius 1 is 1.00 bits per heavy atom. The number of ether oxygens (including phenoxy) is 1. The van der Waals surface area contributed by atoms with Crippen LogP contribution in [0.2, 0.25) is 0 Å². The second-order valence-corrected chi connectivity index (χ2v) is 8.50. The highest BCUT2D eigenvalue weighted by atomic mass is 32.2. The van der Waals surface area contributed by atoms with Gasteiger partial charge in [0.05, 0.1) is 18.1 Å². The SMILES string of the molecule is COc1ccc(C(C#N)N2CCN(S(=O)(=O)c3ccc(C)cc3)CC2)cc1. The Balaban J connectivity index is 1.70. The standard InChI is InChI=1S/C20H23N3O3S/c1-16-3-9-19(10-4-16)27(24,25)23-13-11-22(12-14-23)20(15-21)17-5-7-18(26-2)8-6-17/h3-10,20H,11-14H2,1-2H3. The summed E-state index contributed by atoms with van der Waals surface area (Å²) in [6, 6.07) is 16.2. The van der Waals surface area contributed by atoms with E-state index in [1.165, 1.54) is 4.31 Å². The lowest BCUT2D eigenvalue weighted by molar-refractivity contribution is 0.162. The average molecular weight is 385 g/mol. The summed E-state index contributed by atoms with van der Waals surface area (Å²) in [5.74, 6) is 0.740. The predicted molar refractivity (Wildman–Crippen MR) is 103 cm³/mol. The molecule has 7 heteroatoms. The van der Waals surface area contributed by atoms with Gasteiger partial charge in [0.1, 0.15) is 11.8 Å². The summed E-state index contributed by atoms with van der Waals surface area (Å²) in [6.45, 7) is 3.68. The second kappa shape index (κ2) is 8.09. The highest BCUT2D eigenvalue weighted by Gasteiger charge is 2.31. The highest BCUT2D eigenvalue weighted by molar-refractivity contribution is 7.89. The van der Waals surface area contributed by atoms with Crippen molar-refractivity contribution < 1.29 is 13.2 Å². The number of aryl methyl sites for hydroxylation is 1. The van der Waals surface area contributed by atoms with Crippen molar-refractivity contribution >= 4 is 10.0 Å². The van der Waals surface area contributed by atoms with Crippen LogP contribution in [-0.4, -0.2) is 50.9 Å². The minimum atomic E-state index is -3.50. The average Bonchev–Trinajstić information content (AvgIpc) is 2.70. The van der Waals surface area contributed by atoms with Crippen LogP contribution in [0.25, 0.3) is 0 Å². The zero-order valence-electron chi connectivity index (χ0n) is 15.5. The van der Waals surface area contributed by atoms with Crippen LogP contribution in [0, 0.1) is 18.3 Å². The molecular weight excluding hydrogens is 362 g/mol. The molecule has 0 spiro atoms. The molecule has 1 aliphatic rings. The van der Waals surface area contributed by atoms with Gasteiger partial charge in [-0.25, -0.2) is 8.42 Å². The molecule has 1 atom stereocenters. The molecule has 1 aliphatic heterocycles. The summed E-state index contributed by atoms with van der Waals surface area (Å²) in [6.07, 6.45) is 0. The third-order valence-electron chi connectivity index (χ3n) is 4.85. The largest absolute Gasteiger partial charge is 0.497 e. The third-order valence-corrected chi connectivity index (χ3v) is 6.76. The Morgan fingerprint density at radius 2 is 1.59 bits per heavy atom. The van der Waals surface area contributed by atoms with E-state index in [9.17, 15) is 13.7 Å². The van der Waals surface area contributed by atoms with Gasteiger partial charge < -0.3 is 4.74 Å². The van der Waals surface area contributed by atoms with Crippen molar-refractivity contribution in [2.75, 3.05) is 33.3 Å². The maximum absolute atomic E-state index is 12.8. The van der Waals surface area contributed by atoms with E-state index >= 15 is 0 Å². The molecule has 0 aliphatic carbocycles. The summed E-state index contributed by atoms with van der Waals surface area (Å²) in [7, 11) is -1.90. The van der Waals surface area contributed by atoms with E-state index < -0.39 is 16.1 Å². The van der Waals surface area contributed by atoms with Gasteiger partial charge in [0.2, 0.25) is 10.0 Å². The molecule has 3 rings (SSSR count). The first kappa shape index (κ1) is 19.4. The molecule has 1 fully saturated rings. The Bertz CT molecular complexity index is 910. The molecule has 0 bridgehead atoms. The summed E-state index contributed by atoms with van der Waals surface area (Å²) in [5, 5.41) is 9.63. The van der Waals surface area contributed by atoms with Crippen LogP contribution in [0.4, 0.5) is 0 Å². The number of piperazine rings is 1. The minimum Gasteiger partial charge on any atom is -0.497 e. The number of nitriles is 1. The van der Waals surface area contributed by atoms with E-state index in [4.69, 9.17) is 4.74 Å². The third kappa shape index (κ3) is 4.14. The first-order chi connectivity index (χ1) is 13.0. The zero-order valence-corrected chi connectivity index (χ0v) is 16.3. The summed E-state index contributed by atoms with van der Waals surface area (Å²) in [5.41, 5.74) is 1.91. The van der Waals surface area contributed by atoms with Crippen molar-refractivity contribution in [3.63, 3.8) is 0 Å². The van der Waals surface area contributed by atoms with Crippen molar-refractivity contribution in [2.24, 2.45) is 0 Å². The van der Waals surface area contributed by atoms with E-state index in [1.807, 2.05) is 36.1 Å². The quantitative estimate of drug-likeness (QED) is 0.791. The van der Waals surface area contributed by atoms with Crippen molar-refractivity contribution in [3.05, 3.63) is 59.7 Å². The Morgan fingerprint density at radius 3 is 2.11 bits per heavy atom. The monoisotopic (exact) mass is 385 g/mol. The zero-order chi connectivity index (χ0) is 19.4. The lowest BCUT2D eigenvalue weighted by Gasteiger charge is -2.36. The molecule has 2 aromatic rings. The van der Waals surface area contributed by atoms with Crippen LogP contribution in [0.5, 0.6) is 5.75 Å². The van der Waals surface area contributed by atoms with E-state index in [1.54, 1.807) is 31.4 Å². The molecule has 0 aromatic heterocycles. The predicted octanol–water partition coefficient (Wildman–Crippen LogP) is 2.57. The first-order valence-corrected chi connectivity index (χ1v) is 10.2. The van der Waals surface area contributed by atoms with Gasteiger partial charge in [-0.2, -0.15) is 9.57 Å². The summed E-state index contributed by atoms with van der Waals surface area (Å²) < 4.78 is 32.3. The highest BCUT2D eigenvalue weighted by Crippen LogP contribution is 2.25. The molecule has 142 valence electrons. The normalized spacial score (nSPS) is 17.2. The molecular formula is C20H23N3O3S. The summed E-state index contributed by atoms with van der Waals surface area (Å²) >= 11 is 0. The molecule has 0 saturated carbocycles. The molecule has 0 N–H and O–H groups in total. The van der Waals surface area contributed by atoms with E-state index in [-0.39, 0.29) is 0 Å². The van der Waals surface area contributed by atoms with Crippen molar-refractivity contribution in [3.8, 4) is 11.8 Å². The molecule has 0 amide bonds. The maximum Gasteiger partial charge on any atom is 0.243 e. The van der Waals surface area contributed by atoms with Gasteiger partial charge in [0.25, 0.3) is 0 Å². The number of methoxy groups -OCH3 is 1. The first-order valence-electron chi connectivity index (χ1n) is 8.80. The van der Waals surface area contributed by atoms with Crippen LogP contribution in [0.15, 0.2) is 53.4 Å². The van der Waals surface area contributed by atoms with Crippen LogP contribution in [-0.2, 0) is 10.0 Å². The Hall–Kier alpha value is -2.40. The summed E-state index contributed by atoms with van der Waals surface area (Å²) in [4.78, 5) is 2.33. The number of nitrogens with zero attached hydrogens (tertiary/aromatic N) is 3. The van der Waals surface area contributed by atoms with Gasteiger partial charge in [-0.1, -0.05) is 29.8 Å². The Labute approximate surface area is 160 Å². The van der Waals surface area contributed by atoms with Crippen molar-refractivity contribution in [1.82, 2.24) is 9.21 Å². The maximum atomic E-state index is 12.8. The molecule has 1 saturated heterocycles. The van der Waals surface area contributed by atoms with E-state index in [2.05, 4.69) is 6.07 Å². The Kier molecular flexibility index (Phi) is 5.80. The molecule has 1 unspecified atom stereocenters. The topological polar surface area (TPSA) is 73.6 Å². The number of benzene rings is 2. The van der Waals surface area contributed by atoms with Gasteiger partial charge in [-0.15, -0.1) is 0 Å². The molecule has 0 radical (unpaired) electrons. The van der Waals surface area contributed by atoms with Gasteiger partial charge in [-0.3, -0.25) is 4.90 Å². The van der Waals surface area contributed by atoms with Gasteiger partial charge >= 0.3 is 0 Å². The number of rotatable bonds is 5.